The van der Waals surface area contributed by atoms with Gasteiger partial charge in [0.05, 0.1) is 64.2 Å². The number of aliphatic hydroxyl groups excluding tert-OH is 1. The first-order valence-corrected chi connectivity index (χ1v) is 15.8. The highest BCUT2D eigenvalue weighted by molar-refractivity contribution is 9.11. The molecule has 2 aromatic rings. The van der Waals surface area contributed by atoms with Gasteiger partial charge in [0.25, 0.3) is 0 Å². The molecule has 0 saturated carbocycles. The van der Waals surface area contributed by atoms with Gasteiger partial charge in [-0.05, 0) is 70.9 Å². The van der Waals surface area contributed by atoms with Gasteiger partial charge in [0.1, 0.15) is 43.4 Å². The molecule has 2 atom stereocenters. The minimum Gasteiger partial charge on any atom is -0.496 e. The summed E-state index contributed by atoms with van der Waals surface area (Å²) in [6, 6.07) is 3.69. The molecular weight excluding hydrogens is 740 g/mol. The van der Waals surface area contributed by atoms with E-state index >= 15 is 0 Å². The van der Waals surface area contributed by atoms with E-state index in [1.807, 2.05) is 13.1 Å². The van der Waals surface area contributed by atoms with Gasteiger partial charge in [-0.1, -0.05) is 22.0 Å². The summed E-state index contributed by atoms with van der Waals surface area (Å²) in [5.41, 5.74) is 3.06. The Balaban J connectivity index is 0.000000231. The van der Waals surface area contributed by atoms with Crippen molar-refractivity contribution in [2.24, 2.45) is 0 Å². The number of alkyl halides is 1. The summed E-state index contributed by atoms with van der Waals surface area (Å²) in [5, 5.41) is 10.7. The maximum atomic E-state index is 10.7. The number of rotatable bonds is 8. The number of piperidine rings is 1. The molecule has 12 heteroatoms. The van der Waals surface area contributed by atoms with E-state index in [-0.39, 0.29) is 0 Å². The number of likely N-dealkylation sites (tertiary alicyclic amines) is 1. The first-order chi connectivity index (χ1) is 20.0. The Morgan fingerprint density at radius 3 is 1.79 bits per heavy atom. The van der Waals surface area contributed by atoms with Crippen molar-refractivity contribution in [2.75, 3.05) is 82.9 Å². The van der Waals surface area contributed by atoms with Gasteiger partial charge in [0.15, 0.2) is 0 Å². The maximum Gasteiger partial charge on any atom is 0.148 e. The molecule has 0 spiro atoms. The molecule has 234 valence electrons. The number of hydrogen-bond donors (Lipinski definition) is 1. The molecule has 42 heavy (non-hydrogen) atoms. The van der Waals surface area contributed by atoms with Gasteiger partial charge in [-0.15, -0.1) is 0 Å². The number of ether oxygens (including phenoxy) is 6. The number of methoxy groups -OCH3 is 6. The normalized spacial score (nSPS) is 21.0. The van der Waals surface area contributed by atoms with Crippen LogP contribution < -0.4 is 28.4 Å². The molecule has 1 N–H and O–H groups in total. The van der Waals surface area contributed by atoms with Crippen LogP contribution in [-0.4, -0.2) is 104 Å². The Bertz CT molecular complexity index is 1280. The topological polar surface area (TPSA) is 82.1 Å². The SMILES string of the molecule is COc1cc(OC)c(C2(Br)CCN(C)CC2O)c(OC)c1Br.COc1cc(OC)c(C2=CCN(C)CC2)c(OC)c1Br. The van der Waals surface area contributed by atoms with Crippen molar-refractivity contribution in [3.63, 3.8) is 0 Å². The lowest BCUT2D eigenvalue weighted by atomic mass is 9.85. The van der Waals surface area contributed by atoms with E-state index in [1.165, 1.54) is 5.57 Å². The van der Waals surface area contributed by atoms with Gasteiger partial charge in [-0.25, -0.2) is 0 Å². The predicted molar refractivity (Wildman–Crippen MR) is 176 cm³/mol. The molecule has 2 aromatic carbocycles. The predicted octanol–water partition coefficient (Wildman–Crippen LogP) is 5.96. The van der Waals surface area contributed by atoms with Crippen LogP contribution >= 0.6 is 47.8 Å². The fraction of sp³-hybridized carbons (Fsp3) is 0.533. The maximum absolute atomic E-state index is 10.7. The van der Waals surface area contributed by atoms with Crippen molar-refractivity contribution in [2.45, 2.75) is 23.3 Å². The quantitative estimate of drug-likeness (QED) is 0.327. The number of aliphatic hydroxyl groups is 1. The molecule has 4 rings (SSSR count). The molecule has 2 aliphatic rings. The van der Waals surface area contributed by atoms with Crippen molar-refractivity contribution in [3.05, 3.63) is 38.3 Å². The van der Waals surface area contributed by atoms with Crippen LogP contribution in [0.25, 0.3) is 5.57 Å². The lowest BCUT2D eigenvalue weighted by molar-refractivity contribution is 0.0502. The molecule has 2 aliphatic heterocycles. The summed E-state index contributed by atoms with van der Waals surface area (Å²) in [4.78, 5) is 4.38. The Hall–Kier alpha value is -1.70. The smallest absolute Gasteiger partial charge is 0.148 e. The van der Waals surface area contributed by atoms with Gasteiger partial charge in [-0.2, -0.15) is 0 Å². The van der Waals surface area contributed by atoms with Crippen molar-refractivity contribution < 1.29 is 33.5 Å². The lowest BCUT2D eigenvalue weighted by Crippen LogP contribution is -2.49. The lowest BCUT2D eigenvalue weighted by Gasteiger charge is -2.42. The zero-order valence-corrected chi connectivity index (χ0v) is 30.2. The third kappa shape index (κ3) is 7.15. The van der Waals surface area contributed by atoms with E-state index in [2.05, 4.69) is 70.7 Å². The fourth-order valence-corrected chi connectivity index (χ4v) is 7.19. The van der Waals surface area contributed by atoms with Crippen molar-refractivity contribution >= 4 is 53.4 Å². The van der Waals surface area contributed by atoms with Gasteiger partial charge in [-0.3, -0.25) is 0 Å². The number of likely N-dealkylation sites (N-methyl/N-ethyl adjacent to an activating group) is 2. The first kappa shape index (κ1) is 34.8. The second-order valence-electron chi connectivity index (χ2n) is 10.1. The van der Waals surface area contributed by atoms with Gasteiger partial charge in [0.2, 0.25) is 0 Å². The number of nitrogens with zero attached hydrogens (tertiary/aromatic N) is 2. The van der Waals surface area contributed by atoms with Crippen LogP contribution in [-0.2, 0) is 4.32 Å². The second kappa shape index (κ2) is 15.3. The monoisotopic (exact) mass is 778 g/mol. The molecule has 0 aromatic heterocycles. The number of β-amino-alcohol motifs (C(OH)–C–C–N with tert-alkyl or cyclic N) is 1. The molecule has 2 unspecified atom stereocenters. The Kier molecular flexibility index (Phi) is 12.7. The summed E-state index contributed by atoms with van der Waals surface area (Å²) in [5.74, 6) is 4.09. The molecule has 0 radical (unpaired) electrons. The summed E-state index contributed by atoms with van der Waals surface area (Å²) in [7, 11) is 13.9. The summed E-state index contributed by atoms with van der Waals surface area (Å²) >= 11 is 10.8. The standard InChI is InChI=1S/C15H21Br2NO4.C15H20BrNO3/c1-18-6-5-15(17,11(19)8-18)12-9(20-2)7-10(21-3)13(16)14(12)22-4;1-17-7-5-10(6-8-17)13-11(18-2)9-12(19-3)14(16)15(13)20-4/h7,11,19H,5-6,8H2,1-4H3;5,9H,6-8H2,1-4H3. The molecule has 0 aliphatic carbocycles. The van der Waals surface area contributed by atoms with Crippen molar-refractivity contribution in [1.82, 2.24) is 9.80 Å². The van der Waals surface area contributed by atoms with Gasteiger partial charge in [0, 0.05) is 31.8 Å². The minimum atomic E-state index is -0.634. The van der Waals surface area contributed by atoms with Crippen LogP contribution in [0.15, 0.2) is 27.2 Å². The van der Waals surface area contributed by atoms with Crippen LogP contribution in [0.2, 0.25) is 0 Å². The highest BCUT2D eigenvalue weighted by Crippen LogP contribution is 2.54. The molecule has 1 saturated heterocycles. The van der Waals surface area contributed by atoms with E-state index in [9.17, 15) is 5.11 Å². The fourth-order valence-electron chi connectivity index (χ4n) is 5.22. The van der Waals surface area contributed by atoms with Gasteiger partial charge < -0.3 is 43.3 Å². The van der Waals surface area contributed by atoms with E-state index < -0.39 is 10.4 Å². The molecule has 1 fully saturated rings. The third-order valence-electron chi connectivity index (χ3n) is 7.61. The zero-order valence-electron chi connectivity index (χ0n) is 25.5. The Morgan fingerprint density at radius 1 is 0.762 bits per heavy atom. The average Bonchev–Trinajstić information content (AvgIpc) is 2.99. The van der Waals surface area contributed by atoms with Crippen LogP contribution in [0.1, 0.15) is 24.0 Å². The molecule has 9 nitrogen and oxygen atoms in total. The van der Waals surface area contributed by atoms with E-state index in [0.29, 0.717) is 34.0 Å². The van der Waals surface area contributed by atoms with Crippen LogP contribution in [0, 0.1) is 0 Å². The van der Waals surface area contributed by atoms with E-state index in [1.54, 1.807) is 48.7 Å². The first-order valence-electron chi connectivity index (χ1n) is 13.4. The minimum absolute atomic E-state index is 0.571. The van der Waals surface area contributed by atoms with Crippen molar-refractivity contribution in [3.8, 4) is 34.5 Å². The molecule has 0 bridgehead atoms. The average molecular weight is 781 g/mol. The third-order valence-corrected chi connectivity index (χ3v) is 10.4. The van der Waals surface area contributed by atoms with Crippen LogP contribution in [0.3, 0.4) is 0 Å². The zero-order chi connectivity index (χ0) is 31.2. The van der Waals surface area contributed by atoms with E-state index in [4.69, 9.17) is 28.4 Å². The molecule has 2 heterocycles. The molecular formula is C30H41Br3N2O7. The van der Waals surface area contributed by atoms with Gasteiger partial charge >= 0.3 is 0 Å². The highest BCUT2D eigenvalue weighted by atomic mass is 79.9. The highest BCUT2D eigenvalue weighted by Gasteiger charge is 2.45. The van der Waals surface area contributed by atoms with Crippen LogP contribution in [0.4, 0.5) is 0 Å². The number of halogens is 3. The Labute approximate surface area is 274 Å². The second-order valence-corrected chi connectivity index (χ2v) is 13.1. The largest absolute Gasteiger partial charge is 0.496 e. The Morgan fingerprint density at radius 2 is 1.31 bits per heavy atom. The van der Waals surface area contributed by atoms with Crippen LogP contribution in [0.5, 0.6) is 34.5 Å². The summed E-state index contributed by atoms with van der Waals surface area (Å²) < 4.78 is 33.8. The van der Waals surface area contributed by atoms with E-state index in [0.717, 1.165) is 59.6 Å². The summed E-state index contributed by atoms with van der Waals surface area (Å²) in [6.45, 7) is 3.40. The molecule has 0 amide bonds. The summed E-state index contributed by atoms with van der Waals surface area (Å²) in [6.07, 6.45) is 3.34. The number of hydrogen-bond acceptors (Lipinski definition) is 9. The van der Waals surface area contributed by atoms with Crippen molar-refractivity contribution in [1.29, 1.82) is 0 Å². The number of benzene rings is 2.